The van der Waals surface area contributed by atoms with Crippen LogP contribution in [0.25, 0.3) is 0 Å². The van der Waals surface area contributed by atoms with Crippen LogP contribution < -0.4 is 11.3 Å². The molecular formula is C6H9BrN4. The average molecular weight is 217 g/mol. The first kappa shape index (κ1) is 8.42. The van der Waals surface area contributed by atoms with Gasteiger partial charge >= 0.3 is 0 Å². The third-order valence-electron chi connectivity index (χ3n) is 1.60. The highest BCUT2D eigenvalue weighted by Gasteiger charge is 2.05. The van der Waals surface area contributed by atoms with Gasteiger partial charge < -0.3 is 5.43 Å². The van der Waals surface area contributed by atoms with Crippen molar-refractivity contribution in [2.45, 2.75) is 13.8 Å². The molecule has 0 saturated carbocycles. The number of hydrazine groups is 1. The van der Waals surface area contributed by atoms with Crippen LogP contribution >= 0.6 is 15.9 Å². The minimum atomic E-state index is 0.616. The Hall–Kier alpha value is -0.680. The van der Waals surface area contributed by atoms with Gasteiger partial charge in [-0.25, -0.2) is 5.84 Å². The molecule has 0 aliphatic rings. The number of rotatable bonds is 1. The molecule has 0 amide bonds. The highest BCUT2D eigenvalue weighted by Crippen LogP contribution is 2.19. The van der Waals surface area contributed by atoms with Crippen LogP contribution in [0.15, 0.2) is 4.60 Å². The second-order valence-corrected chi connectivity index (χ2v) is 2.98. The largest absolute Gasteiger partial charge is 0.307 e. The first-order chi connectivity index (χ1) is 5.16. The summed E-state index contributed by atoms with van der Waals surface area (Å²) in [5.41, 5.74) is 4.53. The lowest BCUT2D eigenvalue weighted by Gasteiger charge is -2.05. The minimum Gasteiger partial charge on any atom is -0.307 e. The Morgan fingerprint density at radius 1 is 1.27 bits per heavy atom. The van der Waals surface area contributed by atoms with E-state index in [1.54, 1.807) is 0 Å². The summed E-state index contributed by atoms with van der Waals surface area (Å²) < 4.78 is 0.758. The molecule has 0 spiro atoms. The van der Waals surface area contributed by atoms with Gasteiger partial charge in [0.2, 0.25) is 0 Å². The Kier molecular flexibility index (Phi) is 2.41. The lowest BCUT2D eigenvalue weighted by Crippen LogP contribution is -2.11. The quantitative estimate of drug-likeness (QED) is 0.546. The fourth-order valence-corrected chi connectivity index (χ4v) is 1.09. The fourth-order valence-electron chi connectivity index (χ4n) is 0.713. The van der Waals surface area contributed by atoms with Crippen LogP contribution in [-0.2, 0) is 0 Å². The van der Waals surface area contributed by atoms with E-state index >= 15 is 0 Å². The van der Waals surface area contributed by atoms with E-state index in [1.807, 2.05) is 13.8 Å². The third kappa shape index (κ3) is 1.49. The summed E-state index contributed by atoms with van der Waals surface area (Å²) in [6.45, 7) is 3.89. The summed E-state index contributed by atoms with van der Waals surface area (Å²) >= 11 is 3.27. The zero-order valence-electron chi connectivity index (χ0n) is 6.35. The van der Waals surface area contributed by atoms with Gasteiger partial charge in [-0.3, -0.25) is 0 Å². The molecule has 0 aliphatic carbocycles. The van der Waals surface area contributed by atoms with Crippen molar-refractivity contribution in [3.8, 4) is 0 Å². The van der Waals surface area contributed by atoms with E-state index in [0.29, 0.717) is 5.82 Å². The van der Waals surface area contributed by atoms with Crippen molar-refractivity contribution in [3.05, 3.63) is 15.7 Å². The number of nitrogens with zero attached hydrogens (tertiary/aromatic N) is 2. The lowest BCUT2D eigenvalue weighted by atomic mass is 10.2. The minimum absolute atomic E-state index is 0.616. The normalized spacial score (nSPS) is 9.82. The van der Waals surface area contributed by atoms with E-state index in [2.05, 4.69) is 31.6 Å². The Morgan fingerprint density at radius 3 is 2.45 bits per heavy atom. The van der Waals surface area contributed by atoms with Crippen molar-refractivity contribution in [1.29, 1.82) is 0 Å². The van der Waals surface area contributed by atoms with Crippen LogP contribution in [0.2, 0.25) is 0 Å². The van der Waals surface area contributed by atoms with Gasteiger partial charge in [-0.05, 0) is 35.3 Å². The van der Waals surface area contributed by atoms with Gasteiger partial charge in [0, 0.05) is 5.56 Å². The Balaban J connectivity index is 3.25. The van der Waals surface area contributed by atoms with Crippen LogP contribution in [-0.4, -0.2) is 10.2 Å². The number of hydrogen-bond donors (Lipinski definition) is 2. The first-order valence-electron chi connectivity index (χ1n) is 3.12. The number of nitrogens with two attached hydrogens (primary N) is 1. The maximum Gasteiger partial charge on any atom is 0.165 e. The molecule has 0 atom stereocenters. The topological polar surface area (TPSA) is 63.8 Å². The third-order valence-corrected chi connectivity index (χ3v) is 2.36. The average Bonchev–Trinajstić information content (AvgIpc) is 2.01. The van der Waals surface area contributed by atoms with Gasteiger partial charge in [-0.15, -0.1) is 10.2 Å². The molecule has 4 nitrogen and oxygen atoms in total. The summed E-state index contributed by atoms with van der Waals surface area (Å²) in [7, 11) is 0. The van der Waals surface area contributed by atoms with E-state index in [0.717, 1.165) is 15.7 Å². The zero-order valence-corrected chi connectivity index (χ0v) is 7.94. The van der Waals surface area contributed by atoms with Crippen LogP contribution in [0.4, 0.5) is 5.82 Å². The number of hydrogen-bond acceptors (Lipinski definition) is 4. The van der Waals surface area contributed by atoms with Gasteiger partial charge in [0.05, 0.1) is 0 Å². The van der Waals surface area contributed by atoms with Crippen molar-refractivity contribution in [1.82, 2.24) is 10.2 Å². The number of nitrogen functional groups attached to an aromatic ring is 1. The first-order valence-corrected chi connectivity index (χ1v) is 3.92. The highest BCUT2D eigenvalue weighted by atomic mass is 79.9. The Bertz CT molecular complexity index is 274. The molecule has 0 aliphatic heterocycles. The molecule has 11 heavy (non-hydrogen) atoms. The van der Waals surface area contributed by atoms with Crippen LogP contribution in [0, 0.1) is 13.8 Å². The molecule has 0 bridgehead atoms. The van der Waals surface area contributed by atoms with Gasteiger partial charge in [0.25, 0.3) is 0 Å². The highest BCUT2D eigenvalue weighted by molar-refractivity contribution is 9.10. The molecule has 1 aromatic rings. The van der Waals surface area contributed by atoms with Crippen LogP contribution in [0.3, 0.4) is 0 Å². The molecular weight excluding hydrogens is 208 g/mol. The molecule has 60 valence electrons. The summed E-state index contributed by atoms with van der Waals surface area (Å²) in [6, 6.07) is 0. The van der Waals surface area contributed by atoms with Crippen molar-refractivity contribution < 1.29 is 0 Å². The van der Waals surface area contributed by atoms with Gasteiger partial charge in [0.1, 0.15) is 4.60 Å². The second kappa shape index (κ2) is 3.15. The van der Waals surface area contributed by atoms with E-state index < -0.39 is 0 Å². The van der Waals surface area contributed by atoms with Gasteiger partial charge in [-0.1, -0.05) is 0 Å². The summed E-state index contributed by atoms with van der Waals surface area (Å²) in [5.74, 6) is 5.82. The molecule has 0 saturated heterocycles. The van der Waals surface area contributed by atoms with E-state index in [9.17, 15) is 0 Å². The van der Waals surface area contributed by atoms with Crippen molar-refractivity contribution in [2.75, 3.05) is 5.43 Å². The molecule has 1 heterocycles. The number of anilines is 1. The van der Waals surface area contributed by atoms with Crippen molar-refractivity contribution >= 4 is 21.7 Å². The Labute approximate surface area is 73.3 Å². The fraction of sp³-hybridized carbons (Fsp3) is 0.333. The SMILES string of the molecule is Cc1c(Br)nnc(NN)c1C. The summed E-state index contributed by atoms with van der Waals surface area (Å²) in [4.78, 5) is 0. The predicted octanol–water partition coefficient (Wildman–Crippen LogP) is 1.14. The molecule has 5 heteroatoms. The molecule has 0 unspecified atom stereocenters. The maximum absolute atomic E-state index is 5.20. The van der Waals surface area contributed by atoms with Gasteiger partial charge in [-0.2, -0.15) is 0 Å². The van der Waals surface area contributed by atoms with E-state index in [1.165, 1.54) is 0 Å². The Morgan fingerprint density at radius 2 is 1.91 bits per heavy atom. The predicted molar refractivity (Wildman–Crippen MR) is 47.0 cm³/mol. The molecule has 1 rings (SSSR count). The molecule has 0 aromatic carbocycles. The van der Waals surface area contributed by atoms with Crippen LogP contribution in [0.1, 0.15) is 11.1 Å². The standard InChI is InChI=1S/C6H9BrN4/c1-3-4(2)6(9-8)11-10-5(3)7/h8H2,1-2H3,(H,9,11). The van der Waals surface area contributed by atoms with E-state index in [4.69, 9.17) is 5.84 Å². The number of nitrogens with one attached hydrogen (secondary N) is 1. The molecule has 1 aromatic heterocycles. The monoisotopic (exact) mass is 216 g/mol. The zero-order chi connectivity index (χ0) is 8.43. The van der Waals surface area contributed by atoms with Crippen LogP contribution in [0.5, 0.6) is 0 Å². The molecule has 0 fully saturated rings. The number of aromatic nitrogens is 2. The second-order valence-electron chi connectivity index (χ2n) is 2.23. The van der Waals surface area contributed by atoms with Crippen molar-refractivity contribution in [3.63, 3.8) is 0 Å². The van der Waals surface area contributed by atoms with Gasteiger partial charge in [0.15, 0.2) is 5.82 Å². The lowest BCUT2D eigenvalue weighted by molar-refractivity contribution is 0.962. The van der Waals surface area contributed by atoms with Crippen molar-refractivity contribution in [2.24, 2.45) is 5.84 Å². The summed E-state index contributed by atoms with van der Waals surface area (Å²) in [5, 5.41) is 7.66. The molecule has 3 N–H and O–H groups in total. The molecule has 0 radical (unpaired) electrons. The smallest absolute Gasteiger partial charge is 0.165 e. The maximum atomic E-state index is 5.20. The number of halogens is 1. The van der Waals surface area contributed by atoms with E-state index in [-0.39, 0.29) is 0 Å². The summed E-state index contributed by atoms with van der Waals surface area (Å²) in [6.07, 6.45) is 0.